The van der Waals surface area contributed by atoms with E-state index >= 15 is 0 Å². The molecule has 0 radical (unpaired) electrons. The van der Waals surface area contributed by atoms with Crippen LogP contribution in [-0.4, -0.2) is 4.83 Å². The summed E-state index contributed by atoms with van der Waals surface area (Å²) in [5, 5.41) is 0. The second kappa shape index (κ2) is 11.3. The fourth-order valence-electron chi connectivity index (χ4n) is 3.21. The molecule has 1 aliphatic rings. The summed E-state index contributed by atoms with van der Waals surface area (Å²) in [6.45, 7) is 2.29. The number of alkyl halides is 1. The summed E-state index contributed by atoms with van der Waals surface area (Å²) in [6.07, 6.45) is 20.5. The zero-order chi connectivity index (χ0) is 13.1. The van der Waals surface area contributed by atoms with E-state index in [9.17, 15) is 0 Å². The van der Waals surface area contributed by atoms with Crippen LogP contribution >= 0.6 is 15.9 Å². The van der Waals surface area contributed by atoms with E-state index in [1.54, 1.807) is 0 Å². The first-order chi connectivity index (χ1) is 8.84. The lowest BCUT2D eigenvalue weighted by atomic mass is 9.98. The summed E-state index contributed by atoms with van der Waals surface area (Å²) >= 11 is 3.83. The molecule has 108 valence electrons. The molecule has 0 spiro atoms. The maximum Gasteiger partial charge on any atom is 0.0174 e. The van der Waals surface area contributed by atoms with Crippen molar-refractivity contribution in [2.75, 3.05) is 0 Å². The molecule has 0 N–H and O–H groups in total. The topological polar surface area (TPSA) is 0 Å². The molecule has 18 heavy (non-hydrogen) atoms. The second-order valence-corrected chi connectivity index (χ2v) is 7.35. The Hall–Kier alpha value is 0.480. The van der Waals surface area contributed by atoms with Gasteiger partial charge in [0.15, 0.2) is 0 Å². The Morgan fingerprint density at radius 1 is 0.778 bits per heavy atom. The van der Waals surface area contributed by atoms with Crippen LogP contribution in [0.4, 0.5) is 0 Å². The smallest absolute Gasteiger partial charge is 0.0174 e. The average molecular weight is 317 g/mol. The quantitative estimate of drug-likeness (QED) is 0.288. The van der Waals surface area contributed by atoms with Crippen LogP contribution in [0.2, 0.25) is 0 Å². The molecule has 2 unspecified atom stereocenters. The molecule has 1 aliphatic carbocycles. The molecule has 1 fully saturated rings. The number of hydrogen-bond acceptors (Lipinski definition) is 0. The van der Waals surface area contributed by atoms with Crippen molar-refractivity contribution in [2.24, 2.45) is 5.92 Å². The van der Waals surface area contributed by atoms with Gasteiger partial charge < -0.3 is 0 Å². The van der Waals surface area contributed by atoms with Gasteiger partial charge in [0.2, 0.25) is 0 Å². The fourth-order valence-corrected chi connectivity index (χ4v) is 4.06. The first-order valence-corrected chi connectivity index (χ1v) is 9.40. The summed E-state index contributed by atoms with van der Waals surface area (Å²) in [4.78, 5) is 0.844. The van der Waals surface area contributed by atoms with Crippen molar-refractivity contribution in [1.29, 1.82) is 0 Å². The molecule has 1 heteroatoms. The average Bonchev–Trinajstić information content (AvgIpc) is 2.77. The lowest BCUT2D eigenvalue weighted by molar-refractivity contribution is 0.469. The van der Waals surface area contributed by atoms with Gasteiger partial charge in [-0.15, -0.1) is 0 Å². The SMILES string of the molecule is CCCCCCCCCCCCC1CCCC1Br. The standard InChI is InChI=1S/C17H33Br/c1-2-3-4-5-6-7-8-9-10-11-13-16-14-12-15-17(16)18/h16-17H,2-15H2,1H3. The lowest BCUT2D eigenvalue weighted by Gasteiger charge is -2.13. The Labute approximate surface area is 123 Å². The maximum atomic E-state index is 3.83. The third kappa shape index (κ3) is 7.81. The Balaban J connectivity index is 1.76. The highest BCUT2D eigenvalue weighted by molar-refractivity contribution is 9.09. The Kier molecular flexibility index (Phi) is 10.4. The van der Waals surface area contributed by atoms with Crippen molar-refractivity contribution < 1.29 is 0 Å². The van der Waals surface area contributed by atoms with Gasteiger partial charge in [-0.2, -0.15) is 0 Å². The maximum absolute atomic E-state index is 3.83. The monoisotopic (exact) mass is 316 g/mol. The molecule has 0 aliphatic heterocycles. The predicted octanol–water partition coefficient (Wildman–Crippen LogP) is 6.86. The highest BCUT2D eigenvalue weighted by Gasteiger charge is 2.23. The van der Waals surface area contributed by atoms with Gasteiger partial charge in [0.1, 0.15) is 0 Å². The van der Waals surface area contributed by atoms with E-state index in [-0.39, 0.29) is 0 Å². The molecule has 0 saturated heterocycles. The zero-order valence-electron chi connectivity index (χ0n) is 12.4. The largest absolute Gasteiger partial charge is 0.0888 e. The molecule has 2 atom stereocenters. The van der Waals surface area contributed by atoms with Gasteiger partial charge in [-0.1, -0.05) is 93.5 Å². The summed E-state index contributed by atoms with van der Waals surface area (Å²) in [6, 6.07) is 0. The van der Waals surface area contributed by atoms with Gasteiger partial charge >= 0.3 is 0 Å². The molecule has 0 aromatic carbocycles. The van der Waals surface area contributed by atoms with Crippen molar-refractivity contribution in [3.63, 3.8) is 0 Å². The molecule has 1 rings (SSSR count). The van der Waals surface area contributed by atoms with Crippen molar-refractivity contribution in [3.05, 3.63) is 0 Å². The third-order valence-electron chi connectivity index (χ3n) is 4.49. The van der Waals surface area contributed by atoms with Gasteiger partial charge in [0.25, 0.3) is 0 Å². The van der Waals surface area contributed by atoms with Crippen molar-refractivity contribution in [2.45, 2.75) is 102 Å². The van der Waals surface area contributed by atoms with Crippen LogP contribution in [0.1, 0.15) is 96.8 Å². The highest BCUT2D eigenvalue weighted by atomic mass is 79.9. The van der Waals surface area contributed by atoms with Gasteiger partial charge in [-0.05, 0) is 25.2 Å². The third-order valence-corrected chi connectivity index (χ3v) is 5.70. The molecular formula is C17H33Br. The van der Waals surface area contributed by atoms with E-state index in [4.69, 9.17) is 0 Å². The lowest BCUT2D eigenvalue weighted by Crippen LogP contribution is -2.05. The highest BCUT2D eigenvalue weighted by Crippen LogP contribution is 2.34. The minimum atomic E-state index is 0.844. The molecule has 0 aromatic heterocycles. The molecule has 0 amide bonds. The predicted molar refractivity (Wildman–Crippen MR) is 86.5 cm³/mol. The Bertz CT molecular complexity index is 178. The van der Waals surface area contributed by atoms with Crippen LogP contribution in [0.25, 0.3) is 0 Å². The van der Waals surface area contributed by atoms with Crippen LogP contribution in [0.3, 0.4) is 0 Å². The van der Waals surface area contributed by atoms with Gasteiger partial charge in [0, 0.05) is 4.83 Å². The second-order valence-electron chi connectivity index (χ2n) is 6.18. The van der Waals surface area contributed by atoms with Crippen LogP contribution in [-0.2, 0) is 0 Å². The van der Waals surface area contributed by atoms with E-state index in [2.05, 4.69) is 22.9 Å². The summed E-state index contributed by atoms with van der Waals surface area (Å²) in [5.74, 6) is 0.999. The fraction of sp³-hybridized carbons (Fsp3) is 1.00. The number of hydrogen-bond donors (Lipinski definition) is 0. The molecule has 0 heterocycles. The summed E-state index contributed by atoms with van der Waals surface area (Å²) < 4.78 is 0. The normalized spacial score (nSPS) is 23.7. The molecule has 0 aromatic rings. The minimum Gasteiger partial charge on any atom is -0.0888 e. The summed E-state index contributed by atoms with van der Waals surface area (Å²) in [7, 11) is 0. The number of unbranched alkanes of at least 4 members (excludes halogenated alkanes) is 9. The molecular weight excluding hydrogens is 284 g/mol. The van der Waals surface area contributed by atoms with Crippen molar-refractivity contribution >= 4 is 15.9 Å². The zero-order valence-corrected chi connectivity index (χ0v) is 14.0. The van der Waals surface area contributed by atoms with E-state index < -0.39 is 0 Å². The van der Waals surface area contributed by atoms with Gasteiger partial charge in [-0.3, -0.25) is 0 Å². The Morgan fingerprint density at radius 2 is 1.33 bits per heavy atom. The van der Waals surface area contributed by atoms with Gasteiger partial charge in [0.05, 0.1) is 0 Å². The number of rotatable bonds is 11. The summed E-state index contributed by atoms with van der Waals surface area (Å²) in [5.41, 5.74) is 0. The Morgan fingerprint density at radius 3 is 1.83 bits per heavy atom. The first-order valence-electron chi connectivity index (χ1n) is 8.48. The van der Waals surface area contributed by atoms with Crippen LogP contribution in [0.15, 0.2) is 0 Å². The first kappa shape index (κ1) is 16.5. The van der Waals surface area contributed by atoms with E-state index in [1.807, 2.05) is 0 Å². The van der Waals surface area contributed by atoms with Crippen LogP contribution < -0.4 is 0 Å². The van der Waals surface area contributed by atoms with Gasteiger partial charge in [-0.25, -0.2) is 0 Å². The minimum absolute atomic E-state index is 0.844. The van der Waals surface area contributed by atoms with E-state index in [0.717, 1.165) is 10.7 Å². The van der Waals surface area contributed by atoms with Crippen LogP contribution in [0, 0.1) is 5.92 Å². The number of halogens is 1. The molecule has 1 saturated carbocycles. The van der Waals surface area contributed by atoms with E-state index in [1.165, 1.54) is 89.9 Å². The molecule has 0 bridgehead atoms. The van der Waals surface area contributed by atoms with Crippen LogP contribution in [0.5, 0.6) is 0 Å². The molecule has 0 nitrogen and oxygen atoms in total. The van der Waals surface area contributed by atoms with Crippen molar-refractivity contribution in [1.82, 2.24) is 0 Å². The van der Waals surface area contributed by atoms with Crippen molar-refractivity contribution in [3.8, 4) is 0 Å². The van der Waals surface area contributed by atoms with E-state index in [0.29, 0.717) is 0 Å².